The van der Waals surface area contributed by atoms with Crippen molar-refractivity contribution in [3.63, 3.8) is 0 Å². The van der Waals surface area contributed by atoms with E-state index in [4.69, 9.17) is 72.4 Å². The number of carbonyl (C=O) groups excluding carboxylic acids is 7. The van der Waals surface area contributed by atoms with Crippen LogP contribution < -0.4 is 44.7 Å². The van der Waals surface area contributed by atoms with Gasteiger partial charge in [0, 0.05) is 49.4 Å². The van der Waals surface area contributed by atoms with E-state index in [1.165, 1.54) is 49.2 Å². The highest BCUT2D eigenvalue weighted by Gasteiger charge is 2.60. The Hall–Kier alpha value is -8.36. The monoisotopic (exact) mass is 1400 g/mol. The highest BCUT2D eigenvalue weighted by molar-refractivity contribution is 6.74. The molecule has 4 aliphatic heterocycles. The van der Waals surface area contributed by atoms with Crippen molar-refractivity contribution in [3.8, 4) is 23.0 Å². The maximum absolute atomic E-state index is 15.3. The normalized spacial score (nSPS) is 18.6. The number of benzene rings is 4. The Kier molecular flexibility index (Phi) is 21.1. The molecule has 0 radical (unpaired) electrons. The molecule has 3 N–H and O–H groups in total. The van der Waals surface area contributed by atoms with E-state index in [1.54, 1.807) is 73.7 Å². The van der Waals surface area contributed by atoms with Crippen molar-refractivity contribution in [2.45, 2.75) is 133 Å². The molecule has 96 heavy (non-hydrogen) atoms. The number of hydrogen-bond acceptors (Lipinski definition) is 17. The summed E-state index contributed by atoms with van der Waals surface area (Å²) in [4.78, 5) is 113. The van der Waals surface area contributed by atoms with Crippen LogP contribution in [0.3, 0.4) is 0 Å². The molecule has 0 bridgehead atoms. The molecule has 512 valence electrons. The van der Waals surface area contributed by atoms with E-state index in [9.17, 15) is 24.0 Å². The summed E-state index contributed by atoms with van der Waals surface area (Å²) in [6.07, 6.45) is 6.07. The Bertz CT molecular complexity index is 3860. The van der Waals surface area contributed by atoms with Crippen LogP contribution in [0.2, 0.25) is 18.1 Å². The number of ether oxygens (including phenoxy) is 7. The molecule has 1 aliphatic carbocycles. The number of carbonyl (C=O) groups is 7. The van der Waals surface area contributed by atoms with Gasteiger partial charge in [-0.1, -0.05) is 100 Å². The van der Waals surface area contributed by atoms with Crippen LogP contribution >= 0.6 is 34.8 Å². The topological polar surface area (TPSA) is 268 Å². The molecule has 1 saturated heterocycles. The molecule has 1 spiro atoms. The molecule has 1 aromatic heterocycles. The van der Waals surface area contributed by atoms with E-state index in [0.717, 1.165) is 24.0 Å². The van der Waals surface area contributed by atoms with Gasteiger partial charge in [0.05, 0.1) is 79.6 Å². The zero-order valence-electron chi connectivity index (χ0n) is 55.3. The number of alkyl halides is 3. The van der Waals surface area contributed by atoms with Gasteiger partial charge in [0.25, 0.3) is 11.8 Å². The average molecular weight is 1400 g/mol. The number of hydrogen-bond donors (Lipinski definition) is 3. The largest absolute Gasteiger partial charge is 0.493 e. The van der Waals surface area contributed by atoms with Crippen LogP contribution in [0.25, 0.3) is 16.6 Å². The molecule has 4 aromatic carbocycles. The van der Waals surface area contributed by atoms with E-state index in [0.29, 0.717) is 41.7 Å². The Balaban J connectivity index is 0.873. The maximum Gasteiger partial charge on any atom is 0.416 e. The van der Waals surface area contributed by atoms with Gasteiger partial charge in [-0.25, -0.2) is 19.3 Å². The zero-order valence-corrected chi connectivity index (χ0v) is 58.5. The molecule has 2 fully saturated rings. The lowest BCUT2D eigenvalue weighted by atomic mass is 10.0. The summed E-state index contributed by atoms with van der Waals surface area (Å²) in [5.41, 5.74) is 4.62. The zero-order chi connectivity index (χ0) is 69.2. The fourth-order valence-corrected chi connectivity index (χ4v) is 13.2. The lowest BCUT2D eigenvalue weighted by molar-refractivity contribution is -0.128. The number of anilines is 3. The molecule has 5 atom stereocenters. The Morgan fingerprint density at radius 3 is 2.04 bits per heavy atom. The predicted octanol–water partition coefficient (Wildman–Crippen LogP) is 12.0. The summed E-state index contributed by atoms with van der Waals surface area (Å²) in [6.45, 7) is 18.7. The summed E-state index contributed by atoms with van der Waals surface area (Å²) in [7, 11) is 0.145. The number of nitrogens with one attached hydrogen (secondary N) is 3. The summed E-state index contributed by atoms with van der Waals surface area (Å²) in [5.74, 6) is -1.29. The predicted molar refractivity (Wildman–Crippen MR) is 364 cm³/mol. The van der Waals surface area contributed by atoms with Gasteiger partial charge >= 0.3 is 18.3 Å². The molecule has 5 heterocycles. The second-order valence-corrected chi connectivity index (χ2v) is 33.7. The van der Waals surface area contributed by atoms with Crippen molar-refractivity contribution in [2.75, 3.05) is 68.9 Å². The molecule has 1 saturated carbocycles. The molecular formula is C68H80Cl3N9O15Si. The molecule has 24 nitrogen and oxygen atoms in total. The standard InChI is InChI=1S/C68H80Cl3N9O15Si/c1-12-24-92-63(85)76-57(39(2)3)59(82)74-40(4)58(81)75-44-17-14-41(15-18-44)36-93-65(87)80-51-32-56(54(89-9)30-47(51)61(84)79-37-67(20-21-67)33-52(79)62(80)95-96(10,11)66(5,6)7)91-26-13-25-90-55-31-50-46(29-53(55)88-8)60(83)77-34-43(42-16-19-48-49(28-42)73-23-22-72-48)27-45(77)35-78(50)64(86)94-38-68(69,70)71/h12,14-19,22-23,28-32,34,39-40,45,52,57,62H,1,13,20-21,24-27,33,35-38H2,2-11H3,(H,74,82)(H,75,81)(H,76,85)/t40-,45-,52-,57-,62?/m0/s1. The van der Waals surface area contributed by atoms with Crippen LogP contribution in [0.5, 0.6) is 23.0 Å². The fraction of sp³-hybridized carbons (Fsp3) is 0.456. The molecule has 1 unspecified atom stereocenters. The van der Waals surface area contributed by atoms with Crippen molar-refractivity contribution >= 4 is 119 Å². The first-order valence-corrected chi connectivity index (χ1v) is 35.7. The lowest BCUT2D eigenvalue weighted by Gasteiger charge is -2.44. The molecule has 28 heteroatoms. The van der Waals surface area contributed by atoms with Gasteiger partial charge in [-0.05, 0) is 115 Å². The summed E-state index contributed by atoms with van der Waals surface area (Å²) < 4.78 is 46.7. The minimum atomic E-state index is -2.75. The highest BCUT2D eigenvalue weighted by atomic mass is 35.6. The van der Waals surface area contributed by atoms with E-state index in [2.05, 4.69) is 66.4 Å². The van der Waals surface area contributed by atoms with E-state index in [1.807, 2.05) is 23.1 Å². The van der Waals surface area contributed by atoms with Gasteiger partial charge in [-0.3, -0.25) is 34.0 Å². The maximum atomic E-state index is 15.3. The van der Waals surface area contributed by atoms with Crippen molar-refractivity contribution < 1.29 is 71.1 Å². The van der Waals surface area contributed by atoms with Crippen molar-refractivity contribution in [1.29, 1.82) is 0 Å². The Morgan fingerprint density at radius 2 is 1.43 bits per heavy atom. The first kappa shape index (κ1) is 70.4. The molecular weight excluding hydrogens is 1320 g/mol. The van der Waals surface area contributed by atoms with Gasteiger partial charge in [-0.15, -0.1) is 0 Å². The van der Waals surface area contributed by atoms with Gasteiger partial charge in [0.2, 0.25) is 15.6 Å². The first-order chi connectivity index (χ1) is 45.5. The molecule has 5 aliphatic rings. The molecule has 5 aromatic rings. The Morgan fingerprint density at radius 1 is 0.781 bits per heavy atom. The number of nitrogens with zero attached hydrogens (tertiary/aromatic N) is 6. The van der Waals surface area contributed by atoms with Gasteiger partial charge in [0.15, 0.2) is 37.5 Å². The van der Waals surface area contributed by atoms with Crippen LogP contribution in [-0.4, -0.2) is 158 Å². The third kappa shape index (κ3) is 15.7. The van der Waals surface area contributed by atoms with Crippen LogP contribution in [-0.2, 0) is 34.8 Å². The summed E-state index contributed by atoms with van der Waals surface area (Å²) in [6, 6.07) is 15.5. The lowest BCUT2D eigenvalue weighted by Crippen LogP contribution is -2.58. The SMILES string of the molecule is C=CCOC(=O)N[C@H](C(=O)N[C@@H](C)C(=O)Nc1ccc(COC(=O)N2c3cc(OCCCOc4cc5c(cc4OC)C(=O)N4C=C(c6ccc7nccnc7c6)C[C@H]4CN5C(=O)OCC(Cl)(Cl)Cl)c(OC)cc3C(=O)N3CC4(CC4)C[C@H]3C2O[Si](C)(C)C(C)(C)C)cc1)C(C)C. The van der Waals surface area contributed by atoms with Gasteiger partial charge in [-0.2, -0.15) is 0 Å². The number of methoxy groups -OCH3 is 2. The second kappa shape index (κ2) is 28.8. The van der Waals surface area contributed by atoms with Gasteiger partial charge < -0.3 is 63.3 Å². The van der Waals surface area contributed by atoms with Crippen LogP contribution in [0, 0.1) is 11.3 Å². The molecule has 10 rings (SSSR count). The van der Waals surface area contributed by atoms with Gasteiger partial charge in [0.1, 0.15) is 31.9 Å². The van der Waals surface area contributed by atoms with E-state index >= 15 is 9.59 Å². The summed E-state index contributed by atoms with van der Waals surface area (Å²) >= 11 is 18.1. The summed E-state index contributed by atoms with van der Waals surface area (Å²) in [5, 5.41) is 7.66. The average Bonchev–Trinajstić information content (AvgIpc) is 1.56. The quantitative estimate of drug-likeness (QED) is 0.0191. The number of aromatic nitrogens is 2. The number of halogens is 3. The van der Waals surface area contributed by atoms with Crippen LogP contribution in [0.4, 0.5) is 31.4 Å². The number of rotatable bonds is 22. The van der Waals surface area contributed by atoms with Crippen LogP contribution in [0.1, 0.15) is 105 Å². The minimum Gasteiger partial charge on any atom is -0.493 e. The van der Waals surface area contributed by atoms with E-state index < -0.39 is 85.1 Å². The third-order valence-electron chi connectivity index (χ3n) is 18.2. The van der Waals surface area contributed by atoms with E-state index in [-0.39, 0.29) is 107 Å². The van der Waals surface area contributed by atoms with Crippen molar-refractivity contribution in [2.24, 2.45) is 11.3 Å². The first-order valence-electron chi connectivity index (χ1n) is 31.7. The van der Waals surface area contributed by atoms with Crippen molar-refractivity contribution in [1.82, 2.24) is 30.4 Å². The second-order valence-electron chi connectivity index (χ2n) is 26.4. The third-order valence-corrected chi connectivity index (χ3v) is 23.0. The number of fused-ring (bicyclic) bond motifs is 5. The van der Waals surface area contributed by atoms with Crippen molar-refractivity contribution in [3.05, 3.63) is 120 Å². The Labute approximate surface area is 573 Å². The molecule has 7 amide bonds. The number of alkyl carbamates (subject to hydrolysis) is 1. The number of amides is 7. The smallest absolute Gasteiger partial charge is 0.416 e. The minimum absolute atomic E-state index is 0.00231. The fourth-order valence-electron chi connectivity index (χ4n) is 11.8. The highest BCUT2D eigenvalue weighted by Crippen LogP contribution is 2.58. The van der Waals surface area contributed by atoms with Crippen LogP contribution in [0.15, 0.2) is 98.0 Å².